The van der Waals surface area contributed by atoms with Gasteiger partial charge in [0.2, 0.25) is 0 Å². The number of halogens is 10. The summed E-state index contributed by atoms with van der Waals surface area (Å²) >= 11 is 0. The molecular formula is C8H4F10O6. The number of hydrogen-bond donors (Lipinski definition) is 2. The first-order valence-corrected chi connectivity index (χ1v) is 5.00. The van der Waals surface area contributed by atoms with Gasteiger partial charge in [-0.2, -0.15) is 43.9 Å². The van der Waals surface area contributed by atoms with Gasteiger partial charge in [0.15, 0.2) is 0 Å². The van der Waals surface area contributed by atoms with Gasteiger partial charge >= 0.3 is 36.5 Å². The summed E-state index contributed by atoms with van der Waals surface area (Å²) in [5, 5.41) is 13.9. The minimum atomic E-state index is -6.84. The molecule has 0 unspecified atom stereocenters. The van der Waals surface area contributed by atoms with E-state index in [0.29, 0.717) is 0 Å². The van der Waals surface area contributed by atoms with Crippen molar-refractivity contribution in [1.29, 1.82) is 0 Å². The standard InChI is InChI=1S/C7H2F10O3.CH2O3/c8-4(9,6(12,13)14)3(1-19-2(18)20-3)5(10,11)7(15,16)17;2-1(3)4/h1H2;(H2,2,3,4). The molecule has 0 aromatic heterocycles. The van der Waals surface area contributed by atoms with Crippen LogP contribution in [0.1, 0.15) is 0 Å². The smallest absolute Gasteiger partial charge is 0.450 e. The topological polar surface area (TPSA) is 93.1 Å². The fraction of sp³-hybridized carbons (Fsp3) is 0.750. The van der Waals surface area contributed by atoms with Gasteiger partial charge in [0.05, 0.1) is 0 Å². The van der Waals surface area contributed by atoms with E-state index in [9.17, 15) is 48.7 Å². The molecular weight excluding hydrogens is 382 g/mol. The number of carbonyl (C=O) groups is 2. The Morgan fingerprint density at radius 1 is 0.875 bits per heavy atom. The highest BCUT2D eigenvalue weighted by Gasteiger charge is 2.89. The molecule has 0 saturated carbocycles. The van der Waals surface area contributed by atoms with Crippen LogP contribution < -0.4 is 0 Å². The number of alkyl halides is 10. The Balaban J connectivity index is 0.00000118. The van der Waals surface area contributed by atoms with Gasteiger partial charge in [0.1, 0.15) is 6.61 Å². The Morgan fingerprint density at radius 3 is 1.33 bits per heavy atom. The van der Waals surface area contributed by atoms with E-state index in [-0.39, 0.29) is 0 Å². The van der Waals surface area contributed by atoms with Crippen LogP contribution in [0.15, 0.2) is 0 Å². The molecule has 0 bridgehead atoms. The molecule has 0 atom stereocenters. The second kappa shape index (κ2) is 6.04. The van der Waals surface area contributed by atoms with Crippen molar-refractivity contribution >= 4 is 12.3 Å². The third kappa shape index (κ3) is 3.50. The van der Waals surface area contributed by atoms with Crippen molar-refractivity contribution in [3.63, 3.8) is 0 Å². The van der Waals surface area contributed by atoms with Gasteiger partial charge in [-0.3, -0.25) is 0 Å². The average Bonchev–Trinajstić information content (AvgIpc) is 2.69. The quantitative estimate of drug-likeness (QED) is 0.558. The van der Waals surface area contributed by atoms with Gasteiger partial charge in [-0.25, -0.2) is 9.59 Å². The Hall–Kier alpha value is -2.16. The molecule has 0 aliphatic carbocycles. The lowest BCUT2D eigenvalue weighted by molar-refractivity contribution is -0.414. The lowest BCUT2D eigenvalue weighted by atomic mass is 9.87. The van der Waals surface area contributed by atoms with Gasteiger partial charge < -0.3 is 19.7 Å². The van der Waals surface area contributed by atoms with E-state index >= 15 is 0 Å². The van der Waals surface area contributed by atoms with E-state index in [4.69, 9.17) is 15.0 Å². The third-order valence-electron chi connectivity index (χ3n) is 2.38. The maximum atomic E-state index is 13.0. The molecule has 1 saturated heterocycles. The van der Waals surface area contributed by atoms with Gasteiger partial charge in [0.25, 0.3) is 5.60 Å². The molecule has 2 N–H and O–H groups in total. The van der Waals surface area contributed by atoms with E-state index < -0.39 is 48.7 Å². The van der Waals surface area contributed by atoms with Gasteiger partial charge in [-0.15, -0.1) is 0 Å². The molecule has 0 aromatic rings. The predicted molar refractivity (Wildman–Crippen MR) is 47.8 cm³/mol. The van der Waals surface area contributed by atoms with Crippen LogP contribution in [0.5, 0.6) is 0 Å². The van der Waals surface area contributed by atoms with E-state index in [1.807, 2.05) is 0 Å². The molecule has 1 rings (SSSR count). The molecule has 0 spiro atoms. The van der Waals surface area contributed by atoms with Crippen molar-refractivity contribution in [2.45, 2.75) is 29.8 Å². The first-order chi connectivity index (χ1) is 10.3. The van der Waals surface area contributed by atoms with E-state index in [2.05, 4.69) is 9.47 Å². The fourth-order valence-electron chi connectivity index (χ4n) is 1.33. The van der Waals surface area contributed by atoms with Crippen LogP contribution >= 0.6 is 0 Å². The minimum absolute atomic E-state index is 1.83. The highest BCUT2D eigenvalue weighted by Crippen LogP contribution is 2.58. The molecule has 142 valence electrons. The zero-order chi connectivity index (χ0) is 19.8. The number of cyclic esters (lactones) is 2. The summed E-state index contributed by atoms with van der Waals surface area (Å²) in [5.41, 5.74) is -5.56. The Labute approximate surface area is 123 Å². The number of carbonyl (C=O) groups excluding carboxylic acids is 1. The second-order valence-electron chi connectivity index (χ2n) is 3.89. The Bertz CT molecular complexity index is 465. The first-order valence-electron chi connectivity index (χ1n) is 5.00. The average molecular weight is 386 g/mol. The number of ether oxygens (including phenoxy) is 2. The molecule has 0 aromatic carbocycles. The van der Waals surface area contributed by atoms with Crippen molar-refractivity contribution in [3.05, 3.63) is 0 Å². The molecule has 0 amide bonds. The zero-order valence-electron chi connectivity index (χ0n) is 10.5. The Kier molecular flexibility index (Phi) is 5.50. The minimum Gasteiger partial charge on any atom is -0.450 e. The van der Waals surface area contributed by atoms with Crippen molar-refractivity contribution < 1.29 is 73.2 Å². The fourth-order valence-corrected chi connectivity index (χ4v) is 1.33. The molecule has 24 heavy (non-hydrogen) atoms. The number of hydrogen-bond acceptors (Lipinski definition) is 4. The summed E-state index contributed by atoms with van der Waals surface area (Å²) in [6.45, 7) is -2.62. The lowest BCUT2D eigenvalue weighted by Gasteiger charge is -2.39. The maximum absolute atomic E-state index is 13.0. The van der Waals surface area contributed by atoms with Crippen molar-refractivity contribution in [1.82, 2.24) is 0 Å². The van der Waals surface area contributed by atoms with Crippen LogP contribution in [-0.4, -0.2) is 58.9 Å². The number of carboxylic acid groups (broad SMARTS) is 2. The Morgan fingerprint density at radius 2 is 1.17 bits per heavy atom. The van der Waals surface area contributed by atoms with Gasteiger partial charge in [-0.1, -0.05) is 0 Å². The second-order valence-corrected chi connectivity index (χ2v) is 3.89. The predicted octanol–water partition coefficient (Wildman–Crippen LogP) is 3.51. The number of rotatable bonds is 2. The summed E-state index contributed by atoms with van der Waals surface area (Å²) < 4.78 is 131. The summed E-state index contributed by atoms with van der Waals surface area (Å²) in [4.78, 5) is 18.9. The van der Waals surface area contributed by atoms with Crippen LogP contribution in [0.25, 0.3) is 0 Å². The summed E-state index contributed by atoms with van der Waals surface area (Å²) in [5.74, 6) is -13.4. The van der Waals surface area contributed by atoms with E-state index in [1.54, 1.807) is 0 Å². The van der Waals surface area contributed by atoms with Gasteiger partial charge in [-0.05, 0) is 0 Å². The highest BCUT2D eigenvalue weighted by molar-refractivity contribution is 5.63. The van der Waals surface area contributed by atoms with Crippen LogP contribution in [0.3, 0.4) is 0 Å². The van der Waals surface area contributed by atoms with Gasteiger partial charge in [0, 0.05) is 0 Å². The van der Waals surface area contributed by atoms with Crippen LogP contribution in [0.2, 0.25) is 0 Å². The molecule has 6 nitrogen and oxygen atoms in total. The summed E-state index contributed by atoms with van der Waals surface area (Å²) in [6.07, 6.45) is -18.0. The molecule has 1 aliphatic heterocycles. The van der Waals surface area contributed by atoms with E-state index in [1.165, 1.54) is 0 Å². The van der Waals surface area contributed by atoms with Crippen molar-refractivity contribution in [2.24, 2.45) is 0 Å². The van der Waals surface area contributed by atoms with Crippen molar-refractivity contribution in [2.75, 3.05) is 6.61 Å². The highest BCUT2D eigenvalue weighted by atomic mass is 19.4. The van der Waals surface area contributed by atoms with Crippen LogP contribution in [0, 0.1) is 0 Å². The SMILES string of the molecule is O=C(O)O.O=C1OCC(C(F)(F)C(F)(F)F)(C(F)(F)C(F)(F)F)O1. The first kappa shape index (κ1) is 21.8. The van der Waals surface area contributed by atoms with E-state index in [0.717, 1.165) is 0 Å². The molecule has 16 heteroatoms. The summed E-state index contributed by atoms with van der Waals surface area (Å²) in [6, 6.07) is 0. The van der Waals surface area contributed by atoms with Crippen molar-refractivity contribution in [3.8, 4) is 0 Å². The normalized spacial score (nSPS) is 18.2. The third-order valence-corrected chi connectivity index (χ3v) is 2.38. The molecule has 1 heterocycles. The largest absolute Gasteiger partial charge is 0.509 e. The maximum Gasteiger partial charge on any atom is 0.509 e. The molecule has 0 radical (unpaired) electrons. The molecule has 1 fully saturated rings. The molecule has 1 aliphatic rings. The zero-order valence-corrected chi connectivity index (χ0v) is 10.5. The van der Waals surface area contributed by atoms with Crippen LogP contribution in [-0.2, 0) is 9.47 Å². The summed E-state index contributed by atoms with van der Waals surface area (Å²) in [7, 11) is 0. The lowest BCUT2D eigenvalue weighted by Crippen LogP contribution is -2.71. The monoisotopic (exact) mass is 386 g/mol. The van der Waals surface area contributed by atoms with Crippen LogP contribution in [0.4, 0.5) is 53.5 Å².